The number of halogens is 2. The Bertz CT molecular complexity index is 1090. The van der Waals surface area contributed by atoms with Crippen molar-refractivity contribution in [2.45, 2.75) is 11.4 Å². The molecule has 0 fully saturated rings. The number of hydrogen-bond acceptors (Lipinski definition) is 4. The molecule has 9 heteroatoms. The van der Waals surface area contributed by atoms with Crippen molar-refractivity contribution < 1.29 is 17.6 Å². The fourth-order valence-corrected chi connectivity index (χ4v) is 3.94. The maximum atomic E-state index is 13.0. The quantitative estimate of drug-likeness (QED) is 0.639. The summed E-state index contributed by atoms with van der Waals surface area (Å²) in [6.07, 6.45) is 1.61. The van der Waals surface area contributed by atoms with Crippen molar-refractivity contribution in [1.29, 1.82) is 0 Å². The third kappa shape index (κ3) is 4.85. The number of carbonyl (C=O) groups excluding carboxylic acids is 1. The van der Waals surface area contributed by atoms with Crippen LogP contribution >= 0.6 is 11.6 Å². The highest BCUT2D eigenvalue weighted by Crippen LogP contribution is 2.25. The smallest absolute Gasteiger partial charge is 0.263 e. The fraction of sp³-hybridized carbons (Fsp3) is 0.0526. The number of anilines is 1. The van der Waals surface area contributed by atoms with Gasteiger partial charge in [0.25, 0.3) is 15.9 Å². The number of benzene rings is 2. The second-order valence-corrected chi connectivity index (χ2v) is 7.82. The van der Waals surface area contributed by atoms with Gasteiger partial charge in [-0.3, -0.25) is 14.5 Å². The number of pyridine rings is 1. The molecular formula is C19H15ClFN3O3S. The summed E-state index contributed by atoms with van der Waals surface area (Å²) < 4.78 is 40.6. The molecule has 0 radical (unpaired) electrons. The van der Waals surface area contributed by atoms with Crippen LogP contribution in [-0.2, 0) is 16.6 Å². The Morgan fingerprint density at radius 2 is 1.82 bits per heavy atom. The monoisotopic (exact) mass is 419 g/mol. The molecule has 3 aromatic rings. The van der Waals surface area contributed by atoms with E-state index in [0.29, 0.717) is 5.69 Å². The van der Waals surface area contributed by atoms with Gasteiger partial charge in [0.2, 0.25) is 0 Å². The Morgan fingerprint density at radius 1 is 1.07 bits per heavy atom. The van der Waals surface area contributed by atoms with Crippen LogP contribution in [0.1, 0.15) is 16.1 Å². The van der Waals surface area contributed by atoms with Crippen molar-refractivity contribution in [1.82, 2.24) is 10.3 Å². The van der Waals surface area contributed by atoms with E-state index in [2.05, 4.69) is 15.0 Å². The van der Waals surface area contributed by atoms with Gasteiger partial charge in [0.1, 0.15) is 10.7 Å². The minimum absolute atomic E-state index is 0.0455. The molecule has 28 heavy (non-hydrogen) atoms. The number of nitrogens with zero attached hydrogens (tertiary/aromatic N) is 1. The van der Waals surface area contributed by atoms with Crippen LogP contribution < -0.4 is 10.0 Å². The zero-order chi connectivity index (χ0) is 20.1. The van der Waals surface area contributed by atoms with Crippen LogP contribution in [-0.4, -0.2) is 19.3 Å². The molecule has 0 spiro atoms. The van der Waals surface area contributed by atoms with Crippen molar-refractivity contribution >= 4 is 33.2 Å². The third-order valence-electron chi connectivity index (χ3n) is 3.74. The minimum atomic E-state index is -4.08. The lowest BCUT2D eigenvalue weighted by atomic mass is 10.2. The van der Waals surface area contributed by atoms with Gasteiger partial charge in [-0.1, -0.05) is 17.7 Å². The molecule has 0 aliphatic rings. The molecule has 0 saturated heterocycles. The average Bonchev–Trinajstić information content (AvgIpc) is 2.69. The summed E-state index contributed by atoms with van der Waals surface area (Å²) in [5, 5.41) is 2.62. The summed E-state index contributed by atoms with van der Waals surface area (Å²) in [6.45, 7) is 0.193. The van der Waals surface area contributed by atoms with Crippen molar-refractivity contribution in [2.24, 2.45) is 0 Å². The molecule has 0 atom stereocenters. The number of amides is 1. The molecule has 1 amide bonds. The van der Waals surface area contributed by atoms with Gasteiger partial charge < -0.3 is 5.32 Å². The maximum Gasteiger partial charge on any atom is 0.263 e. The molecule has 3 rings (SSSR count). The van der Waals surface area contributed by atoms with Crippen LogP contribution in [0.25, 0.3) is 0 Å². The van der Waals surface area contributed by atoms with Crippen molar-refractivity contribution in [3.8, 4) is 0 Å². The van der Waals surface area contributed by atoms with E-state index in [0.717, 1.165) is 12.1 Å². The van der Waals surface area contributed by atoms with Gasteiger partial charge in [0.15, 0.2) is 0 Å². The van der Waals surface area contributed by atoms with Crippen molar-refractivity contribution in [3.05, 3.63) is 89.0 Å². The SMILES string of the molecule is O=C(NCc1ccccn1)c1ccc(Cl)c(S(=O)(=O)Nc2ccc(F)cc2)c1. The zero-order valence-corrected chi connectivity index (χ0v) is 16.0. The Labute approximate surface area is 166 Å². The van der Waals surface area contributed by atoms with E-state index in [4.69, 9.17) is 11.6 Å². The molecule has 6 nitrogen and oxygen atoms in total. The number of sulfonamides is 1. The first-order valence-electron chi connectivity index (χ1n) is 8.11. The van der Waals surface area contributed by atoms with Gasteiger partial charge in [-0.25, -0.2) is 12.8 Å². The highest BCUT2D eigenvalue weighted by Gasteiger charge is 2.20. The van der Waals surface area contributed by atoms with Crippen molar-refractivity contribution in [3.63, 3.8) is 0 Å². The predicted octanol–water partition coefficient (Wildman–Crippen LogP) is 3.60. The van der Waals surface area contributed by atoms with Crippen LogP contribution in [0.5, 0.6) is 0 Å². The van der Waals surface area contributed by atoms with E-state index in [9.17, 15) is 17.6 Å². The highest BCUT2D eigenvalue weighted by atomic mass is 35.5. The average molecular weight is 420 g/mol. The number of nitrogens with one attached hydrogen (secondary N) is 2. The van der Waals surface area contributed by atoms with Crippen LogP contribution in [0.3, 0.4) is 0 Å². The molecule has 2 N–H and O–H groups in total. The number of carbonyl (C=O) groups is 1. The summed E-state index contributed by atoms with van der Waals surface area (Å²) in [5.41, 5.74) is 0.956. The Balaban J connectivity index is 1.80. The van der Waals surface area contributed by atoms with Crippen LogP contribution in [0, 0.1) is 5.82 Å². The molecule has 0 bridgehead atoms. The second kappa shape index (κ2) is 8.37. The van der Waals surface area contributed by atoms with Crippen molar-refractivity contribution in [2.75, 3.05) is 4.72 Å². The number of rotatable bonds is 6. The van der Waals surface area contributed by atoms with Gasteiger partial charge in [-0.2, -0.15) is 0 Å². The predicted molar refractivity (Wildman–Crippen MR) is 104 cm³/mol. The summed E-state index contributed by atoms with van der Waals surface area (Å²) in [4.78, 5) is 16.2. The summed E-state index contributed by atoms with van der Waals surface area (Å²) in [7, 11) is -4.08. The lowest BCUT2D eigenvalue weighted by Gasteiger charge is -2.11. The highest BCUT2D eigenvalue weighted by molar-refractivity contribution is 7.92. The Morgan fingerprint density at radius 3 is 2.50 bits per heavy atom. The van der Waals surface area contributed by atoms with E-state index in [1.165, 1.54) is 30.3 Å². The Hall–Kier alpha value is -2.97. The lowest BCUT2D eigenvalue weighted by molar-refractivity contribution is 0.0950. The van der Waals surface area contributed by atoms with Crippen LogP contribution in [0.15, 0.2) is 71.8 Å². The molecule has 1 heterocycles. The third-order valence-corrected chi connectivity index (χ3v) is 5.60. The van der Waals surface area contributed by atoms with Gasteiger partial charge in [0.05, 0.1) is 17.3 Å². The maximum absolute atomic E-state index is 13.0. The summed E-state index contributed by atoms with van der Waals surface area (Å²) >= 11 is 6.03. The summed E-state index contributed by atoms with van der Waals surface area (Å²) in [5.74, 6) is -0.965. The molecule has 144 valence electrons. The largest absolute Gasteiger partial charge is 0.346 e. The minimum Gasteiger partial charge on any atom is -0.346 e. The van der Waals surface area contributed by atoms with E-state index < -0.39 is 21.7 Å². The second-order valence-electron chi connectivity index (χ2n) is 5.76. The normalized spacial score (nSPS) is 11.1. The van der Waals surface area contributed by atoms with E-state index in [1.807, 2.05) is 0 Å². The summed E-state index contributed by atoms with van der Waals surface area (Å²) in [6, 6.07) is 14.1. The van der Waals surface area contributed by atoms with Gasteiger partial charge in [0, 0.05) is 17.4 Å². The first kappa shape index (κ1) is 19.8. The number of aromatic nitrogens is 1. The molecule has 0 aliphatic heterocycles. The van der Waals surface area contributed by atoms with Crippen LogP contribution in [0.2, 0.25) is 5.02 Å². The molecule has 0 saturated carbocycles. The van der Waals surface area contributed by atoms with Gasteiger partial charge in [-0.15, -0.1) is 0 Å². The van der Waals surface area contributed by atoms with Gasteiger partial charge >= 0.3 is 0 Å². The molecule has 1 aromatic heterocycles. The standard InChI is InChI=1S/C19H15ClFN3O3S/c20-17-9-4-13(19(25)23-12-16-3-1-2-10-22-16)11-18(17)28(26,27)24-15-7-5-14(21)6-8-15/h1-11,24H,12H2,(H,23,25). The first-order chi connectivity index (χ1) is 13.3. The van der Waals surface area contributed by atoms with E-state index in [1.54, 1.807) is 24.4 Å². The number of hydrogen-bond donors (Lipinski definition) is 2. The van der Waals surface area contributed by atoms with E-state index in [-0.39, 0.29) is 27.7 Å². The van der Waals surface area contributed by atoms with Gasteiger partial charge in [-0.05, 0) is 54.6 Å². The zero-order valence-electron chi connectivity index (χ0n) is 14.4. The Kier molecular flexibility index (Phi) is 5.91. The molecule has 0 unspecified atom stereocenters. The molecular weight excluding hydrogens is 405 g/mol. The topological polar surface area (TPSA) is 88.2 Å². The van der Waals surface area contributed by atoms with Crippen LogP contribution in [0.4, 0.5) is 10.1 Å². The lowest BCUT2D eigenvalue weighted by Crippen LogP contribution is -2.24. The molecule has 2 aromatic carbocycles. The molecule has 0 aliphatic carbocycles. The first-order valence-corrected chi connectivity index (χ1v) is 9.97. The van der Waals surface area contributed by atoms with E-state index >= 15 is 0 Å². The fourth-order valence-electron chi connectivity index (χ4n) is 2.35.